The fourth-order valence-corrected chi connectivity index (χ4v) is 2.60. The largest absolute Gasteiger partial charge is 0.464 e. The molecule has 1 amide bonds. The van der Waals surface area contributed by atoms with Crippen LogP contribution in [0.1, 0.15) is 27.4 Å². The van der Waals surface area contributed by atoms with Crippen LogP contribution >= 0.6 is 11.3 Å². The molecular weight excluding hydrogens is 262 g/mol. The summed E-state index contributed by atoms with van der Waals surface area (Å²) in [5, 5.41) is 4.18. The van der Waals surface area contributed by atoms with E-state index in [2.05, 4.69) is 27.2 Å². The van der Waals surface area contributed by atoms with Gasteiger partial charge in [-0.15, -0.1) is 0 Å². The molecule has 6 heteroatoms. The van der Waals surface area contributed by atoms with Gasteiger partial charge in [-0.2, -0.15) is 11.3 Å². The van der Waals surface area contributed by atoms with Crippen LogP contribution in [0.15, 0.2) is 27.3 Å². The third-order valence-electron chi connectivity index (χ3n) is 2.80. The summed E-state index contributed by atoms with van der Waals surface area (Å²) >= 11 is 1.68. The highest BCUT2D eigenvalue weighted by atomic mass is 32.1. The normalized spacial score (nSPS) is 10.9. The number of carbonyl (C=O) groups is 1. The number of hydrogen-bond donors (Lipinski definition) is 2. The Bertz CT molecular complexity index is 548. The van der Waals surface area contributed by atoms with Crippen LogP contribution < -0.4 is 11.3 Å². The van der Waals surface area contributed by atoms with Gasteiger partial charge in [0.2, 0.25) is 0 Å². The van der Waals surface area contributed by atoms with Crippen LogP contribution in [0.3, 0.4) is 0 Å². The number of amides is 1. The molecule has 0 saturated carbocycles. The number of nitrogen functional groups attached to an aromatic ring is 1. The summed E-state index contributed by atoms with van der Waals surface area (Å²) in [5.74, 6) is 6.14. The molecule has 2 heterocycles. The van der Waals surface area contributed by atoms with Crippen LogP contribution in [-0.4, -0.2) is 17.9 Å². The molecule has 0 atom stereocenters. The molecule has 0 spiro atoms. The van der Waals surface area contributed by atoms with Crippen molar-refractivity contribution >= 4 is 17.2 Å². The molecule has 3 N–H and O–H groups in total. The van der Waals surface area contributed by atoms with Crippen molar-refractivity contribution in [3.8, 4) is 0 Å². The zero-order chi connectivity index (χ0) is 13.8. The van der Waals surface area contributed by atoms with Gasteiger partial charge < -0.3 is 4.42 Å². The molecule has 5 nitrogen and oxygen atoms in total. The molecule has 0 radical (unpaired) electrons. The summed E-state index contributed by atoms with van der Waals surface area (Å²) in [6.07, 6.45) is 0. The van der Waals surface area contributed by atoms with Gasteiger partial charge in [-0.1, -0.05) is 0 Å². The van der Waals surface area contributed by atoms with E-state index < -0.39 is 0 Å². The van der Waals surface area contributed by atoms with Crippen molar-refractivity contribution in [2.24, 2.45) is 5.84 Å². The number of hydrogen-bond acceptors (Lipinski definition) is 5. The van der Waals surface area contributed by atoms with E-state index in [0.29, 0.717) is 17.9 Å². The minimum Gasteiger partial charge on any atom is -0.464 e. The average Bonchev–Trinajstić information content (AvgIpc) is 2.98. The van der Waals surface area contributed by atoms with Crippen molar-refractivity contribution in [3.05, 3.63) is 45.5 Å². The number of nitrogens with two attached hydrogens (primary N) is 1. The van der Waals surface area contributed by atoms with E-state index >= 15 is 0 Å². The number of nitrogens with one attached hydrogen (secondary N) is 1. The standard InChI is InChI=1S/C13H17N3O2S/c1-9-12(13(17)15-14)5-11(18-9)7-16(2)6-10-3-4-19-8-10/h3-5,8H,6-7,14H2,1-2H3,(H,15,17). The minimum atomic E-state index is -0.326. The van der Waals surface area contributed by atoms with Crippen LogP contribution in [0.4, 0.5) is 0 Å². The maximum Gasteiger partial charge on any atom is 0.268 e. The highest BCUT2D eigenvalue weighted by Gasteiger charge is 2.15. The predicted molar refractivity (Wildman–Crippen MR) is 74.6 cm³/mol. The molecule has 0 unspecified atom stereocenters. The van der Waals surface area contributed by atoms with Gasteiger partial charge in [0.25, 0.3) is 5.91 Å². The molecule has 2 aromatic rings. The van der Waals surface area contributed by atoms with Crippen LogP contribution in [-0.2, 0) is 13.1 Å². The van der Waals surface area contributed by atoms with Gasteiger partial charge >= 0.3 is 0 Å². The van der Waals surface area contributed by atoms with E-state index in [-0.39, 0.29) is 5.91 Å². The second-order valence-corrected chi connectivity index (χ2v) is 5.24. The minimum absolute atomic E-state index is 0.326. The lowest BCUT2D eigenvalue weighted by molar-refractivity contribution is 0.0952. The third kappa shape index (κ3) is 3.44. The van der Waals surface area contributed by atoms with Crippen LogP contribution in [0.2, 0.25) is 0 Å². The Kier molecular flexibility index (Phi) is 4.36. The summed E-state index contributed by atoms with van der Waals surface area (Å²) in [6, 6.07) is 3.84. The lowest BCUT2D eigenvalue weighted by atomic mass is 10.2. The smallest absolute Gasteiger partial charge is 0.268 e. The Balaban J connectivity index is 2.01. The Labute approximate surface area is 116 Å². The number of rotatable bonds is 5. The fourth-order valence-electron chi connectivity index (χ4n) is 1.94. The second-order valence-electron chi connectivity index (χ2n) is 4.46. The first-order chi connectivity index (χ1) is 9.10. The summed E-state index contributed by atoms with van der Waals surface area (Å²) in [4.78, 5) is 13.6. The van der Waals surface area contributed by atoms with Crippen LogP contribution in [0.5, 0.6) is 0 Å². The quantitative estimate of drug-likeness (QED) is 0.498. The van der Waals surface area contributed by atoms with Crippen LogP contribution in [0.25, 0.3) is 0 Å². The van der Waals surface area contributed by atoms with Gasteiger partial charge in [0.05, 0.1) is 12.1 Å². The van der Waals surface area contributed by atoms with E-state index in [1.807, 2.05) is 7.05 Å². The first-order valence-electron chi connectivity index (χ1n) is 5.90. The molecule has 19 heavy (non-hydrogen) atoms. The zero-order valence-corrected chi connectivity index (χ0v) is 11.8. The van der Waals surface area contributed by atoms with Crippen molar-refractivity contribution in [2.75, 3.05) is 7.05 Å². The molecular formula is C13H17N3O2S. The van der Waals surface area contributed by atoms with E-state index in [1.165, 1.54) is 5.56 Å². The average molecular weight is 279 g/mol. The maximum absolute atomic E-state index is 11.5. The highest BCUT2D eigenvalue weighted by molar-refractivity contribution is 7.07. The number of furan rings is 1. The number of nitrogens with zero attached hydrogens (tertiary/aromatic N) is 1. The van der Waals surface area contributed by atoms with Crippen molar-refractivity contribution in [1.29, 1.82) is 0 Å². The Hall–Kier alpha value is -1.63. The monoisotopic (exact) mass is 279 g/mol. The number of hydrazine groups is 1. The van der Waals surface area contributed by atoms with Gasteiger partial charge in [0.15, 0.2) is 0 Å². The molecule has 102 valence electrons. The van der Waals surface area contributed by atoms with Gasteiger partial charge in [0.1, 0.15) is 11.5 Å². The Morgan fingerprint density at radius 1 is 1.53 bits per heavy atom. The van der Waals surface area contributed by atoms with E-state index in [4.69, 9.17) is 10.3 Å². The van der Waals surface area contributed by atoms with Gasteiger partial charge in [-0.05, 0) is 42.4 Å². The molecule has 0 fully saturated rings. The van der Waals surface area contributed by atoms with E-state index in [0.717, 1.165) is 12.3 Å². The number of aryl methyl sites for hydroxylation is 1. The molecule has 0 aliphatic rings. The molecule has 0 aliphatic carbocycles. The Morgan fingerprint density at radius 2 is 2.32 bits per heavy atom. The lowest BCUT2D eigenvalue weighted by Crippen LogP contribution is -2.30. The summed E-state index contributed by atoms with van der Waals surface area (Å²) < 4.78 is 5.57. The van der Waals surface area contributed by atoms with Crippen molar-refractivity contribution in [3.63, 3.8) is 0 Å². The van der Waals surface area contributed by atoms with Crippen molar-refractivity contribution in [2.45, 2.75) is 20.0 Å². The van der Waals surface area contributed by atoms with Gasteiger partial charge in [0, 0.05) is 6.54 Å². The SMILES string of the molecule is Cc1oc(CN(C)Cc2ccsc2)cc1C(=O)NN. The van der Waals surface area contributed by atoms with Crippen molar-refractivity contribution in [1.82, 2.24) is 10.3 Å². The molecule has 0 bridgehead atoms. The molecule has 0 saturated heterocycles. The molecule has 0 aliphatic heterocycles. The topological polar surface area (TPSA) is 71.5 Å². The first kappa shape index (κ1) is 13.8. The van der Waals surface area contributed by atoms with Gasteiger partial charge in [-0.3, -0.25) is 15.1 Å². The van der Waals surface area contributed by atoms with Gasteiger partial charge in [-0.25, -0.2) is 5.84 Å². The van der Waals surface area contributed by atoms with E-state index in [9.17, 15) is 4.79 Å². The summed E-state index contributed by atoms with van der Waals surface area (Å²) in [7, 11) is 2.01. The van der Waals surface area contributed by atoms with E-state index in [1.54, 1.807) is 24.3 Å². The summed E-state index contributed by atoms with van der Waals surface area (Å²) in [5.41, 5.74) is 3.88. The lowest BCUT2D eigenvalue weighted by Gasteiger charge is -2.13. The highest BCUT2D eigenvalue weighted by Crippen LogP contribution is 2.17. The van der Waals surface area contributed by atoms with Crippen LogP contribution in [0, 0.1) is 6.92 Å². The number of carbonyl (C=O) groups excluding carboxylic acids is 1. The molecule has 2 rings (SSSR count). The molecule has 2 aromatic heterocycles. The maximum atomic E-state index is 11.5. The fraction of sp³-hybridized carbons (Fsp3) is 0.308. The second kappa shape index (κ2) is 6.01. The number of thiophene rings is 1. The first-order valence-corrected chi connectivity index (χ1v) is 6.84. The zero-order valence-electron chi connectivity index (χ0n) is 11.0. The summed E-state index contributed by atoms with van der Waals surface area (Å²) in [6.45, 7) is 3.25. The predicted octanol–water partition coefficient (Wildman–Crippen LogP) is 1.89. The Morgan fingerprint density at radius 3 is 2.95 bits per heavy atom. The van der Waals surface area contributed by atoms with Crippen molar-refractivity contribution < 1.29 is 9.21 Å². The molecule has 0 aromatic carbocycles. The third-order valence-corrected chi connectivity index (χ3v) is 3.53.